The van der Waals surface area contributed by atoms with Gasteiger partial charge in [-0.2, -0.15) is 0 Å². The molecule has 1 amide bonds. The molecule has 1 N–H and O–H groups in total. The van der Waals surface area contributed by atoms with Crippen LogP contribution in [-0.4, -0.2) is 24.0 Å². The molecule has 1 aromatic carbocycles. The molecule has 0 saturated heterocycles. The summed E-state index contributed by atoms with van der Waals surface area (Å²) in [7, 11) is 0. The molecular weight excluding hydrogens is 364 g/mol. The zero-order chi connectivity index (χ0) is 18.5. The summed E-state index contributed by atoms with van der Waals surface area (Å²) in [6.07, 6.45) is 3.35. The molecule has 2 heterocycles. The highest BCUT2D eigenvalue weighted by molar-refractivity contribution is 6.32. The van der Waals surface area contributed by atoms with Gasteiger partial charge in [0.25, 0.3) is 0 Å². The van der Waals surface area contributed by atoms with Crippen molar-refractivity contribution in [2.75, 3.05) is 13.2 Å². The normalized spacial score (nSPS) is 13.4. The van der Waals surface area contributed by atoms with Crippen LogP contribution in [0.1, 0.15) is 17.7 Å². The van der Waals surface area contributed by atoms with Crippen molar-refractivity contribution in [1.29, 1.82) is 0 Å². The van der Waals surface area contributed by atoms with Crippen molar-refractivity contribution in [2.45, 2.75) is 13.0 Å². The summed E-state index contributed by atoms with van der Waals surface area (Å²) in [5.41, 5.74) is 0.759. The largest absolute Gasteiger partial charge is 0.489 e. The summed E-state index contributed by atoms with van der Waals surface area (Å²) >= 11 is 6.21. The van der Waals surface area contributed by atoms with Gasteiger partial charge in [-0.15, -0.1) is 0 Å². The van der Waals surface area contributed by atoms with E-state index < -0.39 is 4.92 Å². The van der Waals surface area contributed by atoms with Gasteiger partial charge in [0.15, 0.2) is 11.5 Å². The highest BCUT2D eigenvalue weighted by Crippen LogP contribution is 2.37. The summed E-state index contributed by atoms with van der Waals surface area (Å²) in [6.45, 7) is 1.31. The number of halogens is 1. The number of rotatable bonds is 5. The average Bonchev–Trinajstić information content (AvgIpc) is 2.96. The van der Waals surface area contributed by atoms with Gasteiger partial charge in [-0.25, -0.2) is 0 Å². The lowest BCUT2D eigenvalue weighted by atomic mass is 10.2. The summed E-state index contributed by atoms with van der Waals surface area (Å²) in [4.78, 5) is 21.8. The summed E-state index contributed by atoms with van der Waals surface area (Å²) in [5, 5.41) is 13.7. The molecule has 0 radical (unpaired) electrons. The van der Waals surface area contributed by atoms with Crippen molar-refractivity contribution in [1.82, 2.24) is 5.32 Å². The monoisotopic (exact) mass is 378 g/mol. The molecule has 0 saturated carbocycles. The molecule has 0 unspecified atom stereocenters. The SMILES string of the molecule is O=C(/C=C/c1ccc([N+](=O)[O-])o1)NCc1cc(Cl)c2c(c1)OCCCO2. The Morgan fingerprint density at radius 3 is 2.88 bits per heavy atom. The van der Waals surface area contributed by atoms with Gasteiger partial charge in [0.05, 0.1) is 24.3 Å². The first-order valence-corrected chi connectivity index (χ1v) is 8.19. The number of hydrogen-bond donors (Lipinski definition) is 1. The highest BCUT2D eigenvalue weighted by atomic mass is 35.5. The lowest BCUT2D eigenvalue weighted by Crippen LogP contribution is -2.20. The Hall–Kier alpha value is -3.00. The lowest BCUT2D eigenvalue weighted by Gasteiger charge is -2.11. The van der Waals surface area contributed by atoms with Gasteiger partial charge in [-0.1, -0.05) is 11.6 Å². The lowest BCUT2D eigenvalue weighted by molar-refractivity contribution is -0.402. The number of ether oxygens (including phenoxy) is 2. The Kier molecular flexibility index (Phi) is 5.43. The first-order valence-electron chi connectivity index (χ1n) is 7.81. The van der Waals surface area contributed by atoms with Crippen molar-refractivity contribution in [2.24, 2.45) is 0 Å². The van der Waals surface area contributed by atoms with Crippen molar-refractivity contribution >= 4 is 29.5 Å². The molecule has 0 bridgehead atoms. The number of amides is 1. The third kappa shape index (κ3) is 4.34. The van der Waals surface area contributed by atoms with Gasteiger partial charge in [0.1, 0.15) is 10.7 Å². The number of nitrogens with one attached hydrogen (secondary N) is 1. The second-order valence-electron chi connectivity index (χ2n) is 5.44. The Balaban J connectivity index is 1.60. The third-order valence-electron chi connectivity index (χ3n) is 3.52. The van der Waals surface area contributed by atoms with Crippen molar-refractivity contribution in [3.63, 3.8) is 0 Å². The van der Waals surface area contributed by atoms with Crippen LogP contribution in [0, 0.1) is 10.1 Å². The van der Waals surface area contributed by atoms with Crippen LogP contribution in [0.2, 0.25) is 5.02 Å². The Morgan fingerprint density at radius 2 is 2.12 bits per heavy atom. The fourth-order valence-corrected chi connectivity index (χ4v) is 2.61. The van der Waals surface area contributed by atoms with E-state index in [1.165, 1.54) is 24.3 Å². The first-order chi connectivity index (χ1) is 12.5. The number of carbonyl (C=O) groups excluding carboxylic acids is 1. The van der Waals surface area contributed by atoms with E-state index in [1.54, 1.807) is 12.1 Å². The van der Waals surface area contributed by atoms with E-state index in [0.717, 1.165) is 12.0 Å². The molecule has 26 heavy (non-hydrogen) atoms. The van der Waals surface area contributed by atoms with Crippen LogP contribution in [0.3, 0.4) is 0 Å². The zero-order valence-electron chi connectivity index (χ0n) is 13.6. The van der Waals surface area contributed by atoms with E-state index in [0.29, 0.717) is 29.7 Å². The molecule has 8 nitrogen and oxygen atoms in total. The van der Waals surface area contributed by atoms with Gasteiger partial charge >= 0.3 is 5.88 Å². The van der Waals surface area contributed by atoms with Crippen LogP contribution in [0.4, 0.5) is 5.88 Å². The number of nitro groups is 1. The van der Waals surface area contributed by atoms with Crippen LogP contribution in [0.25, 0.3) is 6.08 Å². The van der Waals surface area contributed by atoms with Gasteiger partial charge in [-0.3, -0.25) is 14.9 Å². The molecule has 3 rings (SSSR count). The number of nitrogens with zero attached hydrogens (tertiary/aromatic N) is 1. The maximum atomic E-state index is 11.9. The Bertz CT molecular complexity index is 861. The minimum atomic E-state index is -0.648. The van der Waals surface area contributed by atoms with Crippen molar-refractivity contribution < 1.29 is 23.6 Å². The van der Waals surface area contributed by atoms with Crippen molar-refractivity contribution in [3.05, 3.63) is 56.8 Å². The fourth-order valence-electron chi connectivity index (χ4n) is 2.32. The molecule has 2 aromatic rings. The van der Waals surface area contributed by atoms with Crippen LogP contribution in [0.15, 0.2) is 34.8 Å². The molecular formula is C17H15ClN2O6. The van der Waals surface area contributed by atoms with Crippen LogP contribution >= 0.6 is 11.6 Å². The number of carbonyl (C=O) groups is 1. The van der Waals surface area contributed by atoms with E-state index >= 15 is 0 Å². The average molecular weight is 379 g/mol. The predicted octanol–water partition coefficient (Wildman–Crippen LogP) is 3.33. The number of fused-ring (bicyclic) bond motifs is 1. The summed E-state index contributed by atoms with van der Waals surface area (Å²) in [6, 6.07) is 6.10. The van der Waals surface area contributed by atoms with E-state index in [2.05, 4.69) is 5.32 Å². The topological polar surface area (TPSA) is 104 Å². The van der Waals surface area contributed by atoms with Crippen molar-refractivity contribution in [3.8, 4) is 11.5 Å². The van der Waals surface area contributed by atoms with Gasteiger partial charge in [-0.05, 0) is 29.8 Å². The summed E-state index contributed by atoms with van der Waals surface area (Å²) < 4.78 is 16.1. The standard InChI is InChI=1S/C17H15ClN2O6/c18-13-8-11(9-14-17(13)25-7-1-6-24-14)10-19-15(21)4-2-12-3-5-16(26-12)20(22)23/h2-5,8-9H,1,6-7,10H2,(H,19,21)/b4-2+. The third-order valence-corrected chi connectivity index (χ3v) is 3.80. The highest BCUT2D eigenvalue weighted by Gasteiger charge is 2.15. The number of benzene rings is 1. The predicted molar refractivity (Wildman–Crippen MR) is 93.3 cm³/mol. The molecule has 0 fully saturated rings. The summed E-state index contributed by atoms with van der Waals surface area (Å²) in [5.74, 6) is 0.515. The van der Waals surface area contributed by atoms with Crippen LogP contribution in [-0.2, 0) is 11.3 Å². The van der Waals surface area contributed by atoms with E-state index in [1.807, 2.05) is 0 Å². The zero-order valence-corrected chi connectivity index (χ0v) is 14.3. The minimum Gasteiger partial charge on any atom is -0.489 e. The quantitative estimate of drug-likeness (QED) is 0.486. The molecule has 9 heteroatoms. The fraction of sp³-hybridized carbons (Fsp3) is 0.235. The molecule has 0 aliphatic carbocycles. The molecule has 1 aromatic heterocycles. The molecule has 1 aliphatic rings. The maximum absolute atomic E-state index is 11.9. The van der Waals surface area contributed by atoms with Crippen LogP contribution < -0.4 is 14.8 Å². The molecule has 1 aliphatic heterocycles. The second-order valence-corrected chi connectivity index (χ2v) is 5.85. The smallest absolute Gasteiger partial charge is 0.433 e. The minimum absolute atomic E-state index is 0.213. The Morgan fingerprint density at radius 1 is 1.31 bits per heavy atom. The van der Waals surface area contributed by atoms with Gasteiger partial charge in [0, 0.05) is 19.0 Å². The maximum Gasteiger partial charge on any atom is 0.433 e. The first kappa shape index (κ1) is 17.8. The van der Waals surface area contributed by atoms with Crippen LogP contribution in [0.5, 0.6) is 11.5 Å². The van der Waals surface area contributed by atoms with Gasteiger partial charge in [0.2, 0.25) is 5.91 Å². The number of hydrogen-bond acceptors (Lipinski definition) is 6. The van der Waals surface area contributed by atoms with Gasteiger partial charge < -0.3 is 19.2 Å². The van der Waals surface area contributed by atoms with E-state index in [4.69, 9.17) is 25.5 Å². The van der Waals surface area contributed by atoms with E-state index in [-0.39, 0.29) is 24.1 Å². The molecule has 136 valence electrons. The molecule has 0 spiro atoms. The molecule has 0 atom stereocenters. The van der Waals surface area contributed by atoms with E-state index in [9.17, 15) is 14.9 Å². The number of furan rings is 1. The second kappa shape index (κ2) is 7.92. The Labute approximate surface area is 153 Å².